The van der Waals surface area contributed by atoms with Gasteiger partial charge >= 0.3 is 16.4 Å². The van der Waals surface area contributed by atoms with Gasteiger partial charge < -0.3 is 0 Å². The summed E-state index contributed by atoms with van der Waals surface area (Å²) in [5.41, 5.74) is 0. The fourth-order valence-electron chi connectivity index (χ4n) is 0.338. The van der Waals surface area contributed by atoms with Crippen molar-refractivity contribution >= 4 is 10.2 Å². The van der Waals surface area contributed by atoms with Gasteiger partial charge in [0.15, 0.2) is 0 Å². The summed E-state index contributed by atoms with van der Waals surface area (Å²) in [7, 11) is -6.42. The van der Waals surface area contributed by atoms with Crippen LogP contribution in [-0.2, 0) is 10.2 Å². The Balaban J connectivity index is 5.45. The number of hydrogen-bond acceptors (Lipinski definition) is 2. The lowest BCUT2D eigenvalue weighted by Crippen LogP contribution is -2.18. The van der Waals surface area contributed by atoms with Gasteiger partial charge in [-0.15, -0.1) is 3.89 Å². The van der Waals surface area contributed by atoms with Gasteiger partial charge in [0.2, 0.25) is 4.91 Å². The van der Waals surface area contributed by atoms with E-state index in [2.05, 4.69) is 0 Å². The van der Waals surface area contributed by atoms with Crippen LogP contribution >= 0.6 is 0 Å². The molecule has 0 aliphatic carbocycles. The van der Waals surface area contributed by atoms with E-state index in [9.17, 15) is 34.3 Å². The minimum atomic E-state index is -6.42. The molecule has 0 heterocycles. The van der Waals surface area contributed by atoms with Crippen LogP contribution in [0.2, 0.25) is 0 Å². The Hall–Kier alpha value is -0.730. The first-order chi connectivity index (χ1) is 5.07. The van der Waals surface area contributed by atoms with Crippen LogP contribution < -0.4 is 0 Å². The van der Waals surface area contributed by atoms with E-state index >= 15 is 0 Å². The van der Waals surface area contributed by atoms with Gasteiger partial charge in [0.1, 0.15) is 0 Å². The van der Waals surface area contributed by atoms with Gasteiger partial charge in [-0.1, -0.05) is 0 Å². The summed E-state index contributed by atoms with van der Waals surface area (Å²) >= 11 is 0. The average molecular weight is 214 g/mol. The van der Waals surface area contributed by atoms with Crippen LogP contribution in [0.25, 0.3) is 0 Å². The molecular formula is C3F6O2S. The highest BCUT2D eigenvalue weighted by Gasteiger charge is 2.47. The fraction of sp³-hybridized carbons (Fsp3) is 0.333. The molecule has 72 valence electrons. The first kappa shape index (κ1) is 11.3. The first-order valence-corrected chi connectivity index (χ1v) is 3.52. The normalized spacial score (nSPS) is 12.8. The third-order valence-corrected chi connectivity index (χ3v) is 1.55. The molecular weight excluding hydrogens is 214 g/mol. The van der Waals surface area contributed by atoms with Crippen molar-refractivity contribution in [2.45, 2.75) is 6.18 Å². The second-order valence-corrected chi connectivity index (χ2v) is 2.81. The Labute approximate surface area is 62.7 Å². The third-order valence-electron chi connectivity index (χ3n) is 0.673. The molecule has 0 saturated carbocycles. The molecule has 0 spiro atoms. The molecule has 0 aromatic heterocycles. The van der Waals surface area contributed by atoms with Crippen molar-refractivity contribution in [1.29, 1.82) is 0 Å². The van der Waals surface area contributed by atoms with Crippen LogP contribution in [0.1, 0.15) is 0 Å². The van der Waals surface area contributed by atoms with E-state index in [1.54, 1.807) is 0 Å². The second-order valence-electron chi connectivity index (χ2n) is 1.53. The smallest absolute Gasteiger partial charge is 0.189 e. The van der Waals surface area contributed by atoms with E-state index in [4.69, 9.17) is 0 Å². The predicted molar refractivity (Wildman–Crippen MR) is 25.3 cm³/mol. The maximum atomic E-state index is 11.5. The average Bonchev–Trinajstić information content (AvgIpc) is 1.49. The van der Waals surface area contributed by atoms with Crippen LogP contribution in [-0.4, -0.2) is 14.6 Å². The lowest BCUT2D eigenvalue weighted by Gasteiger charge is -2.04. The summed E-state index contributed by atoms with van der Waals surface area (Å²) in [5.74, 6) is 0. The van der Waals surface area contributed by atoms with Crippen molar-refractivity contribution in [1.82, 2.24) is 0 Å². The van der Waals surface area contributed by atoms with Crippen molar-refractivity contribution in [3.05, 3.63) is 11.0 Å². The van der Waals surface area contributed by atoms with Crippen LogP contribution in [0.4, 0.5) is 25.8 Å². The number of halogens is 6. The summed E-state index contributed by atoms with van der Waals surface area (Å²) < 4.78 is 86.9. The highest BCUT2D eigenvalue weighted by molar-refractivity contribution is 7.90. The molecule has 12 heavy (non-hydrogen) atoms. The van der Waals surface area contributed by atoms with E-state index in [1.165, 1.54) is 0 Å². The number of rotatable bonds is 1. The lowest BCUT2D eigenvalue weighted by atomic mass is 10.6. The fourth-order valence-corrected chi connectivity index (χ4v) is 0.798. The predicted octanol–water partition coefficient (Wildman–Crippen LogP) is 1.96. The largest absolute Gasteiger partial charge is 0.435 e. The van der Waals surface area contributed by atoms with Gasteiger partial charge in [-0.25, -0.2) is 0 Å². The zero-order chi connectivity index (χ0) is 10.2. The molecule has 0 rings (SSSR count). The number of allylic oxidation sites excluding steroid dienone is 1. The summed E-state index contributed by atoms with van der Waals surface area (Å²) in [6.07, 6.45) is -9.53. The second kappa shape index (κ2) is 2.96. The monoisotopic (exact) mass is 214 g/mol. The van der Waals surface area contributed by atoms with Crippen LogP contribution in [0.3, 0.4) is 0 Å². The highest BCUT2D eigenvalue weighted by Crippen LogP contribution is 2.34. The molecule has 0 aliphatic rings. The maximum Gasteiger partial charge on any atom is 0.435 e. The van der Waals surface area contributed by atoms with Gasteiger partial charge in [0.05, 0.1) is 0 Å². The molecule has 0 N–H and O–H groups in total. The van der Waals surface area contributed by atoms with E-state index in [0.29, 0.717) is 0 Å². The molecule has 9 heteroatoms. The molecule has 0 aromatic rings. The molecule has 0 aromatic carbocycles. The summed E-state index contributed by atoms with van der Waals surface area (Å²) in [6.45, 7) is 0. The molecule has 0 bridgehead atoms. The summed E-state index contributed by atoms with van der Waals surface area (Å²) in [6, 6.07) is 0. The van der Waals surface area contributed by atoms with Gasteiger partial charge in [0.25, 0.3) is 6.08 Å². The Kier molecular flexibility index (Phi) is 2.78. The Morgan fingerprint density at radius 2 is 1.42 bits per heavy atom. The molecule has 0 unspecified atom stereocenters. The Morgan fingerprint density at radius 1 is 1.08 bits per heavy atom. The standard InChI is InChI=1S/C3F6O2S/c4-2(5)1(3(6,7)8)12(9,10)11. The topological polar surface area (TPSA) is 34.1 Å². The van der Waals surface area contributed by atoms with Crippen LogP contribution in [0, 0.1) is 0 Å². The summed E-state index contributed by atoms with van der Waals surface area (Å²) in [4.78, 5) is -3.45. The number of hydrogen-bond donors (Lipinski definition) is 0. The first-order valence-electron chi connectivity index (χ1n) is 2.14. The molecule has 2 nitrogen and oxygen atoms in total. The van der Waals surface area contributed by atoms with Crippen LogP contribution in [0.5, 0.6) is 0 Å². The SMILES string of the molecule is O=S(=O)(F)C(=C(F)F)C(F)(F)F. The molecule has 0 fully saturated rings. The van der Waals surface area contributed by atoms with Crippen molar-refractivity contribution in [3.63, 3.8) is 0 Å². The Morgan fingerprint density at radius 3 is 1.42 bits per heavy atom. The molecule has 0 aliphatic heterocycles. The van der Waals surface area contributed by atoms with Crippen molar-refractivity contribution in [2.75, 3.05) is 0 Å². The maximum absolute atomic E-state index is 11.5. The third kappa shape index (κ3) is 2.72. The zero-order valence-electron chi connectivity index (χ0n) is 4.99. The van der Waals surface area contributed by atoms with E-state index in [-0.39, 0.29) is 0 Å². The van der Waals surface area contributed by atoms with Gasteiger partial charge in [-0.05, 0) is 0 Å². The quantitative estimate of drug-likeness (QED) is 0.493. The Bertz CT molecular complexity index is 293. The van der Waals surface area contributed by atoms with E-state index in [1.807, 2.05) is 0 Å². The van der Waals surface area contributed by atoms with Gasteiger partial charge in [0, 0.05) is 0 Å². The van der Waals surface area contributed by atoms with Gasteiger partial charge in [-0.2, -0.15) is 30.4 Å². The minimum Gasteiger partial charge on any atom is -0.189 e. The van der Waals surface area contributed by atoms with Crippen LogP contribution in [0.15, 0.2) is 11.0 Å². The van der Waals surface area contributed by atoms with Crippen molar-refractivity contribution in [3.8, 4) is 0 Å². The molecule has 0 radical (unpaired) electrons. The van der Waals surface area contributed by atoms with Crippen molar-refractivity contribution < 1.29 is 34.3 Å². The van der Waals surface area contributed by atoms with E-state index in [0.717, 1.165) is 0 Å². The minimum absolute atomic E-state index is 3.45. The van der Waals surface area contributed by atoms with Crippen molar-refractivity contribution in [2.24, 2.45) is 0 Å². The lowest BCUT2D eigenvalue weighted by molar-refractivity contribution is -0.0878. The zero-order valence-corrected chi connectivity index (χ0v) is 5.81. The molecule has 0 atom stereocenters. The molecule has 0 saturated heterocycles. The number of alkyl halides is 3. The van der Waals surface area contributed by atoms with Gasteiger partial charge in [-0.3, -0.25) is 0 Å². The molecule has 0 amide bonds. The summed E-state index contributed by atoms with van der Waals surface area (Å²) in [5, 5.41) is 0. The highest BCUT2D eigenvalue weighted by atomic mass is 32.3. The van der Waals surface area contributed by atoms with E-state index < -0.39 is 27.4 Å².